The van der Waals surface area contributed by atoms with Crippen LogP contribution in [0.3, 0.4) is 0 Å². The first kappa shape index (κ1) is 13.8. The second kappa shape index (κ2) is 5.39. The molecule has 0 unspecified atom stereocenters. The van der Waals surface area contributed by atoms with Crippen LogP contribution in [0.5, 0.6) is 5.75 Å². The van der Waals surface area contributed by atoms with Gasteiger partial charge in [0.2, 0.25) is 0 Å². The van der Waals surface area contributed by atoms with Crippen molar-refractivity contribution < 1.29 is 27.8 Å². The van der Waals surface area contributed by atoms with Crippen molar-refractivity contribution in [2.24, 2.45) is 0 Å². The Morgan fingerprint density at radius 2 is 2.06 bits per heavy atom. The van der Waals surface area contributed by atoms with Gasteiger partial charge in [-0.3, -0.25) is 4.79 Å². The number of halogens is 4. The number of ether oxygens (including phenoxy) is 1. The largest absolute Gasteiger partial charge is 0.573 e. The third-order valence-electron chi connectivity index (χ3n) is 1.89. The maximum absolute atomic E-state index is 12.1. The highest BCUT2D eigenvalue weighted by Gasteiger charge is 2.32. The first-order valence-electron chi connectivity index (χ1n) is 4.54. The van der Waals surface area contributed by atoms with Crippen molar-refractivity contribution in [3.05, 3.63) is 28.2 Å². The summed E-state index contributed by atoms with van der Waals surface area (Å²) < 4.78 is 40.5. The molecule has 3 nitrogen and oxygen atoms in total. The Morgan fingerprint density at radius 3 is 2.59 bits per heavy atom. The maximum atomic E-state index is 12.1. The quantitative estimate of drug-likeness (QED) is 0.927. The number of carboxylic acids is 1. The number of carboxylic acid groups (broad SMARTS) is 1. The number of carbonyl (C=O) groups is 1. The van der Waals surface area contributed by atoms with E-state index in [1.807, 2.05) is 0 Å². The van der Waals surface area contributed by atoms with Gasteiger partial charge in [-0.1, -0.05) is 22.0 Å². The molecular formula is C10H8BrF3O3. The predicted molar refractivity (Wildman–Crippen MR) is 56.8 cm³/mol. The lowest BCUT2D eigenvalue weighted by molar-refractivity contribution is -0.274. The molecular weight excluding hydrogens is 305 g/mol. The Balaban J connectivity index is 2.96. The minimum atomic E-state index is -4.79. The zero-order valence-electron chi connectivity index (χ0n) is 8.42. The molecule has 0 aliphatic carbocycles. The van der Waals surface area contributed by atoms with Crippen molar-refractivity contribution in [2.45, 2.75) is 19.2 Å². The summed E-state index contributed by atoms with van der Waals surface area (Å²) in [6.07, 6.45) is -5.10. The van der Waals surface area contributed by atoms with Gasteiger partial charge in [0.1, 0.15) is 5.75 Å². The fraction of sp³-hybridized carbons (Fsp3) is 0.300. The third-order valence-corrected chi connectivity index (χ3v) is 2.63. The normalized spacial score (nSPS) is 11.3. The van der Waals surface area contributed by atoms with Crippen molar-refractivity contribution in [3.63, 3.8) is 0 Å². The number of hydrogen-bond donors (Lipinski definition) is 1. The molecule has 0 radical (unpaired) electrons. The summed E-state index contributed by atoms with van der Waals surface area (Å²) in [5.41, 5.74) is 0.187. The summed E-state index contributed by atoms with van der Waals surface area (Å²) in [6, 6.07) is 4.06. The van der Waals surface area contributed by atoms with Gasteiger partial charge < -0.3 is 9.84 Å². The number of alkyl halides is 3. The highest BCUT2D eigenvalue weighted by atomic mass is 79.9. The molecule has 0 saturated heterocycles. The van der Waals surface area contributed by atoms with Gasteiger partial charge in [0, 0.05) is 16.5 Å². The molecule has 0 aliphatic heterocycles. The molecule has 1 rings (SSSR count). The van der Waals surface area contributed by atoms with E-state index in [1.165, 1.54) is 12.1 Å². The van der Waals surface area contributed by atoms with Crippen LogP contribution in [0.4, 0.5) is 13.2 Å². The number of aliphatic carboxylic acids is 1. The van der Waals surface area contributed by atoms with Gasteiger partial charge in [-0.2, -0.15) is 0 Å². The zero-order chi connectivity index (χ0) is 13.1. The molecule has 0 aromatic heterocycles. The summed E-state index contributed by atoms with van der Waals surface area (Å²) in [6.45, 7) is 0. The van der Waals surface area contributed by atoms with Gasteiger partial charge in [-0.05, 0) is 18.6 Å². The van der Waals surface area contributed by atoms with E-state index >= 15 is 0 Å². The lowest BCUT2D eigenvalue weighted by atomic mass is 10.1. The van der Waals surface area contributed by atoms with Gasteiger partial charge in [0.25, 0.3) is 0 Å². The number of hydrogen-bond acceptors (Lipinski definition) is 2. The predicted octanol–water partition coefficient (Wildman–Crippen LogP) is 3.36. The van der Waals surface area contributed by atoms with Crippen LogP contribution in [-0.4, -0.2) is 17.4 Å². The molecule has 1 aromatic carbocycles. The van der Waals surface area contributed by atoms with Crippen LogP contribution in [0, 0.1) is 0 Å². The maximum Gasteiger partial charge on any atom is 0.573 e. The highest BCUT2D eigenvalue weighted by Crippen LogP contribution is 2.32. The molecule has 7 heteroatoms. The van der Waals surface area contributed by atoms with Gasteiger partial charge in [-0.15, -0.1) is 13.2 Å². The summed E-state index contributed by atoms with van der Waals surface area (Å²) in [5.74, 6) is -1.47. The van der Waals surface area contributed by atoms with Crippen LogP contribution in [0.15, 0.2) is 22.7 Å². The number of rotatable bonds is 4. The topological polar surface area (TPSA) is 46.5 Å². The van der Waals surface area contributed by atoms with E-state index in [1.54, 1.807) is 0 Å². The van der Waals surface area contributed by atoms with Gasteiger partial charge in [0.15, 0.2) is 0 Å². The molecule has 0 bridgehead atoms. The van der Waals surface area contributed by atoms with Crippen molar-refractivity contribution in [2.75, 3.05) is 0 Å². The van der Waals surface area contributed by atoms with Crippen molar-refractivity contribution in [1.29, 1.82) is 0 Å². The second-order valence-electron chi connectivity index (χ2n) is 3.16. The second-order valence-corrected chi connectivity index (χ2v) is 4.01. The molecule has 94 valence electrons. The zero-order valence-corrected chi connectivity index (χ0v) is 10.0. The van der Waals surface area contributed by atoms with Crippen LogP contribution in [0.1, 0.15) is 12.0 Å². The van der Waals surface area contributed by atoms with Crippen LogP contribution in [-0.2, 0) is 11.2 Å². The first-order valence-corrected chi connectivity index (χ1v) is 5.34. The highest BCUT2D eigenvalue weighted by molar-refractivity contribution is 9.10. The van der Waals surface area contributed by atoms with E-state index in [4.69, 9.17) is 5.11 Å². The summed E-state index contributed by atoms with van der Waals surface area (Å²) in [4.78, 5) is 10.4. The summed E-state index contributed by atoms with van der Waals surface area (Å²) in [5, 5.41) is 8.51. The molecule has 17 heavy (non-hydrogen) atoms. The summed E-state index contributed by atoms with van der Waals surface area (Å²) >= 11 is 3.06. The Labute approximate surface area is 103 Å². The lowest BCUT2D eigenvalue weighted by Crippen LogP contribution is -2.18. The molecule has 0 heterocycles. The Kier molecular flexibility index (Phi) is 4.39. The Hall–Kier alpha value is -1.24. The van der Waals surface area contributed by atoms with Gasteiger partial charge >= 0.3 is 12.3 Å². The van der Waals surface area contributed by atoms with E-state index in [2.05, 4.69) is 20.7 Å². The SMILES string of the molecule is O=C(O)CCc1c(Br)cccc1OC(F)(F)F. The monoisotopic (exact) mass is 312 g/mol. The molecule has 0 aliphatic rings. The van der Waals surface area contributed by atoms with Crippen LogP contribution in [0.25, 0.3) is 0 Å². The van der Waals surface area contributed by atoms with E-state index in [0.717, 1.165) is 6.07 Å². The Morgan fingerprint density at radius 1 is 1.41 bits per heavy atom. The third kappa shape index (κ3) is 4.64. The molecule has 0 atom stereocenters. The van der Waals surface area contributed by atoms with E-state index < -0.39 is 12.3 Å². The average molecular weight is 313 g/mol. The molecule has 0 spiro atoms. The van der Waals surface area contributed by atoms with E-state index in [0.29, 0.717) is 4.47 Å². The smallest absolute Gasteiger partial charge is 0.481 e. The van der Waals surface area contributed by atoms with Crippen molar-refractivity contribution in [3.8, 4) is 5.75 Å². The fourth-order valence-electron chi connectivity index (χ4n) is 1.23. The fourth-order valence-corrected chi connectivity index (χ4v) is 1.78. The molecule has 0 amide bonds. The molecule has 0 fully saturated rings. The van der Waals surface area contributed by atoms with Crippen LogP contribution >= 0.6 is 15.9 Å². The van der Waals surface area contributed by atoms with E-state index in [-0.39, 0.29) is 24.2 Å². The standard InChI is InChI=1S/C10H8BrF3O3/c11-7-2-1-3-8(17-10(12,13)14)6(7)4-5-9(15)16/h1-3H,4-5H2,(H,15,16). The minimum Gasteiger partial charge on any atom is -0.481 e. The average Bonchev–Trinajstić information content (AvgIpc) is 2.13. The first-order chi connectivity index (χ1) is 7.79. The van der Waals surface area contributed by atoms with Crippen LogP contribution < -0.4 is 4.74 Å². The number of benzene rings is 1. The minimum absolute atomic E-state index is 0.0395. The molecule has 0 saturated carbocycles. The van der Waals surface area contributed by atoms with E-state index in [9.17, 15) is 18.0 Å². The Bertz CT molecular complexity index is 418. The summed E-state index contributed by atoms with van der Waals surface area (Å²) in [7, 11) is 0. The van der Waals surface area contributed by atoms with Gasteiger partial charge in [-0.25, -0.2) is 0 Å². The van der Waals surface area contributed by atoms with Crippen molar-refractivity contribution >= 4 is 21.9 Å². The molecule has 1 aromatic rings. The van der Waals surface area contributed by atoms with Crippen molar-refractivity contribution in [1.82, 2.24) is 0 Å². The lowest BCUT2D eigenvalue weighted by Gasteiger charge is -2.13. The van der Waals surface area contributed by atoms with Crippen LogP contribution in [0.2, 0.25) is 0 Å². The van der Waals surface area contributed by atoms with Gasteiger partial charge in [0.05, 0.1) is 0 Å². The molecule has 1 N–H and O–H groups in total.